The minimum atomic E-state index is -0.577. The maximum atomic E-state index is 12.7. The van der Waals surface area contributed by atoms with Crippen LogP contribution >= 0.6 is 34.5 Å². The first-order valence-electron chi connectivity index (χ1n) is 10.0. The summed E-state index contributed by atoms with van der Waals surface area (Å²) < 4.78 is 0. The van der Waals surface area contributed by atoms with E-state index < -0.39 is 5.91 Å². The third-order valence-electron chi connectivity index (χ3n) is 4.63. The fourth-order valence-electron chi connectivity index (χ4n) is 3.03. The first-order valence-corrected chi connectivity index (χ1v) is 11.6. The number of nitrogens with one attached hydrogen (secondary N) is 3. The molecule has 0 atom stereocenters. The third kappa shape index (κ3) is 5.33. The standard InChI is InChI=1S/C23H18Cl2N6O2S/c1-12-20(13(2)32)34-23(26-12)31-30-19-11-18(27-16-9-5-3-7-14(16)24)21(29-22(19)33)28-17-10-6-4-8-15(17)25/h3-11,27H,1-2H3,(H,26,31)(H,28,29,33). The summed E-state index contributed by atoms with van der Waals surface area (Å²) in [5.41, 5.74) is 5.02. The molecule has 0 fully saturated rings. The maximum absolute atomic E-state index is 12.7. The number of nitrogens with zero attached hydrogens (tertiary/aromatic N) is 3. The van der Waals surface area contributed by atoms with Crippen molar-refractivity contribution < 1.29 is 9.59 Å². The molecule has 0 saturated heterocycles. The molecule has 0 unspecified atom stereocenters. The molecular weight excluding hydrogens is 495 g/mol. The van der Waals surface area contributed by atoms with E-state index in [1.54, 1.807) is 37.3 Å². The molecule has 34 heavy (non-hydrogen) atoms. The molecule has 0 bridgehead atoms. The van der Waals surface area contributed by atoms with Crippen LogP contribution < -0.4 is 16.1 Å². The summed E-state index contributed by atoms with van der Waals surface area (Å²) in [7, 11) is 0. The number of aliphatic imine (C=N–C) groups is 1. The average Bonchev–Trinajstić information content (AvgIpc) is 3.18. The monoisotopic (exact) mass is 512 g/mol. The van der Waals surface area contributed by atoms with Gasteiger partial charge in [-0.25, -0.2) is 4.98 Å². The molecule has 0 aliphatic carbocycles. The van der Waals surface area contributed by atoms with Crippen LogP contribution in [0.15, 0.2) is 70.4 Å². The molecule has 0 spiro atoms. The molecule has 1 aromatic heterocycles. The lowest BCUT2D eigenvalue weighted by atomic mass is 10.2. The number of amides is 1. The first kappa shape index (κ1) is 23.6. The largest absolute Gasteiger partial charge is 0.351 e. The molecular formula is C23H18Cl2N6O2S. The number of benzene rings is 2. The van der Waals surface area contributed by atoms with Crippen molar-refractivity contribution in [2.75, 3.05) is 16.1 Å². The highest BCUT2D eigenvalue weighted by molar-refractivity contribution is 7.17. The summed E-state index contributed by atoms with van der Waals surface area (Å²) >= 11 is 13.7. The van der Waals surface area contributed by atoms with Crippen LogP contribution in [-0.4, -0.2) is 28.2 Å². The normalized spacial score (nSPS) is 14.5. The van der Waals surface area contributed by atoms with Crippen LogP contribution in [0.4, 0.5) is 16.5 Å². The van der Waals surface area contributed by atoms with Gasteiger partial charge in [-0.05, 0) is 37.3 Å². The van der Waals surface area contributed by atoms with E-state index in [-0.39, 0.29) is 17.3 Å². The minimum absolute atomic E-state index is 0.0384. The number of para-hydroxylation sites is 2. The summed E-state index contributed by atoms with van der Waals surface area (Å²) in [6, 6.07) is 14.3. The number of thiazole rings is 1. The number of carbonyl (C=O) groups excluding carboxylic acids is 2. The van der Waals surface area contributed by atoms with Crippen LogP contribution in [0.2, 0.25) is 10.0 Å². The maximum Gasteiger partial charge on any atom is 0.299 e. The number of halogens is 2. The lowest BCUT2D eigenvalue weighted by Crippen LogP contribution is -2.29. The van der Waals surface area contributed by atoms with Gasteiger partial charge in [-0.1, -0.05) is 58.8 Å². The molecule has 0 saturated carbocycles. The van der Waals surface area contributed by atoms with Gasteiger partial charge >= 0.3 is 0 Å². The number of hydrogen-bond acceptors (Lipinski definition) is 8. The average molecular weight is 513 g/mol. The molecule has 0 radical (unpaired) electrons. The van der Waals surface area contributed by atoms with Gasteiger partial charge in [0.05, 0.1) is 37.7 Å². The first-order chi connectivity index (χ1) is 16.3. The summed E-state index contributed by atoms with van der Waals surface area (Å²) in [6.45, 7) is 3.21. The molecule has 1 amide bonds. The lowest BCUT2D eigenvalue weighted by molar-refractivity contribution is -0.111. The van der Waals surface area contributed by atoms with Crippen molar-refractivity contribution in [2.45, 2.75) is 13.8 Å². The zero-order valence-corrected chi connectivity index (χ0v) is 20.3. The number of amidine groups is 1. The van der Waals surface area contributed by atoms with Gasteiger partial charge in [-0.2, -0.15) is 10.1 Å². The number of anilines is 3. The molecule has 3 N–H and O–H groups in total. The van der Waals surface area contributed by atoms with Crippen LogP contribution in [0.25, 0.3) is 0 Å². The highest BCUT2D eigenvalue weighted by atomic mass is 35.5. The van der Waals surface area contributed by atoms with E-state index in [0.717, 1.165) is 11.3 Å². The molecule has 11 heteroatoms. The van der Waals surface area contributed by atoms with Gasteiger partial charge in [0, 0.05) is 6.92 Å². The van der Waals surface area contributed by atoms with Gasteiger partial charge < -0.3 is 10.6 Å². The second-order valence-electron chi connectivity index (χ2n) is 7.13. The number of hydrogen-bond donors (Lipinski definition) is 3. The summed E-state index contributed by atoms with van der Waals surface area (Å²) in [5.74, 6) is -0.414. The van der Waals surface area contributed by atoms with Crippen LogP contribution in [-0.2, 0) is 4.79 Å². The van der Waals surface area contributed by atoms with Gasteiger partial charge in [0.2, 0.25) is 5.13 Å². The SMILES string of the molecule is CC(=O)c1sc(NN=C2C=C(Nc3ccccc3Cl)C(Nc3ccccc3Cl)=NC2=O)nc1C. The molecule has 2 aromatic carbocycles. The Kier molecular flexibility index (Phi) is 7.06. The van der Waals surface area contributed by atoms with Crippen molar-refractivity contribution in [3.63, 3.8) is 0 Å². The highest BCUT2D eigenvalue weighted by Gasteiger charge is 2.23. The van der Waals surface area contributed by atoms with Gasteiger partial charge in [0.1, 0.15) is 0 Å². The Morgan fingerprint density at radius 2 is 1.62 bits per heavy atom. The molecule has 1 aliphatic rings. The second-order valence-corrected chi connectivity index (χ2v) is 8.95. The molecule has 1 aliphatic heterocycles. The third-order valence-corrected chi connectivity index (χ3v) is 6.45. The van der Waals surface area contributed by atoms with Crippen LogP contribution in [0.5, 0.6) is 0 Å². The Morgan fingerprint density at radius 3 is 2.21 bits per heavy atom. The van der Waals surface area contributed by atoms with Gasteiger partial charge in [0.25, 0.3) is 5.91 Å². The van der Waals surface area contributed by atoms with Gasteiger partial charge in [-0.15, -0.1) is 0 Å². The number of dihydropyridines is 1. The Balaban J connectivity index is 1.66. The number of rotatable bonds is 6. The molecule has 8 nitrogen and oxygen atoms in total. The number of aromatic nitrogens is 1. The van der Waals surface area contributed by atoms with Crippen LogP contribution in [0.3, 0.4) is 0 Å². The van der Waals surface area contributed by atoms with Crippen molar-refractivity contribution in [3.05, 3.63) is 80.9 Å². The van der Waals surface area contributed by atoms with E-state index in [9.17, 15) is 9.59 Å². The number of carbonyl (C=O) groups is 2. The minimum Gasteiger partial charge on any atom is -0.351 e. The van der Waals surface area contributed by atoms with Crippen molar-refractivity contribution in [1.82, 2.24) is 4.98 Å². The van der Waals surface area contributed by atoms with Crippen molar-refractivity contribution >= 4 is 74.3 Å². The Labute approximate surface area is 209 Å². The fourth-order valence-corrected chi connectivity index (χ4v) is 4.20. The van der Waals surface area contributed by atoms with E-state index in [4.69, 9.17) is 23.2 Å². The molecule has 4 rings (SSSR count). The number of hydrazone groups is 1. The van der Waals surface area contributed by atoms with Gasteiger partial charge in [-0.3, -0.25) is 15.0 Å². The summed E-state index contributed by atoms with van der Waals surface area (Å²) in [5, 5.41) is 11.8. The number of Topliss-reactive ketones (excluding diaryl/α,β-unsaturated/α-hetero) is 1. The van der Waals surface area contributed by atoms with E-state index in [1.165, 1.54) is 13.0 Å². The van der Waals surface area contributed by atoms with Gasteiger partial charge in [0.15, 0.2) is 17.3 Å². The number of ketones is 1. The predicted octanol–water partition coefficient (Wildman–Crippen LogP) is 5.78. The Hall–Kier alpha value is -3.53. The predicted molar refractivity (Wildman–Crippen MR) is 139 cm³/mol. The second kappa shape index (κ2) is 10.2. The topological polar surface area (TPSA) is 108 Å². The van der Waals surface area contributed by atoms with E-state index in [1.807, 2.05) is 18.2 Å². The van der Waals surface area contributed by atoms with E-state index >= 15 is 0 Å². The molecule has 172 valence electrons. The fraction of sp³-hybridized carbons (Fsp3) is 0.0870. The zero-order chi connectivity index (χ0) is 24.2. The zero-order valence-electron chi connectivity index (χ0n) is 18.0. The van der Waals surface area contributed by atoms with Crippen molar-refractivity contribution in [3.8, 4) is 0 Å². The van der Waals surface area contributed by atoms with Crippen LogP contribution in [0, 0.1) is 6.92 Å². The smallest absolute Gasteiger partial charge is 0.299 e. The lowest BCUT2D eigenvalue weighted by Gasteiger charge is -2.19. The highest BCUT2D eigenvalue weighted by Crippen LogP contribution is 2.26. The van der Waals surface area contributed by atoms with Crippen molar-refractivity contribution in [2.24, 2.45) is 10.1 Å². The Bertz CT molecular complexity index is 1380. The summed E-state index contributed by atoms with van der Waals surface area (Å²) in [6.07, 6.45) is 1.54. The molecule has 2 heterocycles. The Morgan fingerprint density at radius 1 is 1.00 bits per heavy atom. The molecule has 3 aromatic rings. The van der Waals surface area contributed by atoms with E-state index in [2.05, 4.69) is 31.1 Å². The quantitative estimate of drug-likeness (QED) is 0.285. The van der Waals surface area contributed by atoms with Crippen molar-refractivity contribution in [1.29, 1.82) is 0 Å². The van der Waals surface area contributed by atoms with E-state index in [0.29, 0.717) is 42.8 Å². The number of aryl methyl sites for hydroxylation is 1. The van der Waals surface area contributed by atoms with Crippen LogP contribution in [0.1, 0.15) is 22.3 Å². The summed E-state index contributed by atoms with van der Waals surface area (Å²) in [4.78, 5) is 33.4.